The smallest absolute Gasteiger partial charge is 0.130 e. The Morgan fingerprint density at radius 1 is 1.21 bits per heavy atom. The number of hydrogen-bond acceptors (Lipinski definition) is 4. The average molecular weight is 255 g/mol. The lowest BCUT2D eigenvalue weighted by molar-refractivity contribution is 0.303. The fourth-order valence-electron chi connectivity index (χ4n) is 1.95. The minimum Gasteiger partial charge on any atom is -0.490 e. The molecule has 0 saturated heterocycles. The minimum absolute atomic E-state index is 0.412. The van der Waals surface area contributed by atoms with Gasteiger partial charge in [0.1, 0.15) is 17.4 Å². The van der Waals surface area contributed by atoms with Crippen LogP contribution < -0.4 is 10.1 Å². The molecule has 1 aromatic carbocycles. The van der Waals surface area contributed by atoms with Crippen molar-refractivity contribution in [3.63, 3.8) is 0 Å². The maximum atomic E-state index is 5.82. The van der Waals surface area contributed by atoms with Gasteiger partial charge in [0.15, 0.2) is 0 Å². The molecule has 1 fully saturated rings. The third-order valence-electron chi connectivity index (χ3n) is 3.05. The van der Waals surface area contributed by atoms with E-state index < -0.39 is 0 Å². The van der Waals surface area contributed by atoms with E-state index in [4.69, 9.17) is 4.74 Å². The number of benzene rings is 1. The molecule has 19 heavy (non-hydrogen) atoms. The summed E-state index contributed by atoms with van der Waals surface area (Å²) in [6, 6.07) is 10.0. The Kier molecular flexibility index (Phi) is 3.07. The van der Waals surface area contributed by atoms with Gasteiger partial charge in [-0.3, -0.25) is 0 Å². The Bertz CT molecular complexity index is 594. The number of ether oxygens (including phenoxy) is 1. The minimum atomic E-state index is 0.412. The fraction of sp³-hybridized carbons (Fsp3) is 0.333. The predicted molar refractivity (Wildman–Crippen MR) is 75.4 cm³/mol. The lowest BCUT2D eigenvalue weighted by Gasteiger charge is -2.08. The van der Waals surface area contributed by atoms with Crippen molar-refractivity contribution in [1.29, 1.82) is 0 Å². The molecule has 0 spiro atoms. The molecule has 3 rings (SSSR count). The second-order valence-electron chi connectivity index (χ2n) is 4.78. The van der Waals surface area contributed by atoms with Crippen LogP contribution in [-0.2, 0) is 0 Å². The molecule has 98 valence electrons. The molecule has 1 N–H and O–H groups in total. The molecule has 4 nitrogen and oxygen atoms in total. The van der Waals surface area contributed by atoms with Gasteiger partial charge in [-0.15, -0.1) is 0 Å². The Hall–Kier alpha value is -2.10. The molecule has 1 aliphatic rings. The molecule has 0 amide bonds. The van der Waals surface area contributed by atoms with Gasteiger partial charge in [0.05, 0.1) is 11.8 Å². The normalized spacial score (nSPS) is 14.2. The maximum Gasteiger partial charge on any atom is 0.130 e. The number of rotatable bonds is 4. The van der Waals surface area contributed by atoms with Gasteiger partial charge in [-0.05, 0) is 31.9 Å². The highest BCUT2D eigenvalue weighted by Gasteiger charge is 2.23. The predicted octanol–water partition coefficient (Wildman–Crippen LogP) is 3.03. The zero-order valence-corrected chi connectivity index (χ0v) is 11.2. The Morgan fingerprint density at radius 3 is 2.79 bits per heavy atom. The number of nitrogens with one attached hydrogen (secondary N) is 1. The Balaban J connectivity index is 1.93. The van der Waals surface area contributed by atoms with E-state index in [-0.39, 0.29) is 0 Å². The molecule has 1 aromatic heterocycles. The lowest BCUT2D eigenvalue weighted by Crippen LogP contribution is -1.99. The first-order valence-corrected chi connectivity index (χ1v) is 6.55. The van der Waals surface area contributed by atoms with E-state index in [2.05, 4.69) is 15.3 Å². The highest BCUT2D eigenvalue weighted by molar-refractivity contribution is 5.64. The number of aromatic nitrogens is 2. The molecular weight excluding hydrogens is 238 g/mol. The zero-order chi connectivity index (χ0) is 13.2. The lowest BCUT2D eigenvalue weighted by atomic mass is 10.1. The van der Waals surface area contributed by atoms with E-state index in [1.165, 1.54) is 12.8 Å². The number of aryl methyl sites for hydroxylation is 1. The van der Waals surface area contributed by atoms with Crippen LogP contribution in [0, 0.1) is 6.92 Å². The van der Waals surface area contributed by atoms with Crippen molar-refractivity contribution in [3.8, 4) is 17.0 Å². The van der Waals surface area contributed by atoms with Crippen molar-refractivity contribution in [3.05, 3.63) is 36.2 Å². The van der Waals surface area contributed by atoms with Gasteiger partial charge in [-0.1, -0.05) is 12.1 Å². The van der Waals surface area contributed by atoms with Crippen LogP contribution in [0.25, 0.3) is 11.3 Å². The average Bonchev–Trinajstić information content (AvgIpc) is 3.22. The summed E-state index contributed by atoms with van der Waals surface area (Å²) in [6.45, 7) is 1.90. The summed E-state index contributed by atoms with van der Waals surface area (Å²) in [6.07, 6.45) is 2.75. The summed E-state index contributed by atoms with van der Waals surface area (Å²) < 4.78 is 5.82. The van der Waals surface area contributed by atoms with Crippen LogP contribution in [-0.4, -0.2) is 23.1 Å². The van der Waals surface area contributed by atoms with Crippen LogP contribution in [0.15, 0.2) is 30.3 Å². The van der Waals surface area contributed by atoms with E-state index in [1.807, 2.05) is 44.3 Å². The van der Waals surface area contributed by atoms with Crippen LogP contribution in [0.2, 0.25) is 0 Å². The van der Waals surface area contributed by atoms with Crippen LogP contribution in [0.3, 0.4) is 0 Å². The summed E-state index contributed by atoms with van der Waals surface area (Å²) in [5.74, 6) is 2.51. The second kappa shape index (κ2) is 4.88. The van der Waals surface area contributed by atoms with Crippen molar-refractivity contribution in [2.24, 2.45) is 0 Å². The quantitative estimate of drug-likeness (QED) is 0.912. The van der Waals surface area contributed by atoms with Gasteiger partial charge in [-0.25, -0.2) is 9.97 Å². The monoisotopic (exact) mass is 255 g/mol. The Morgan fingerprint density at radius 2 is 2.05 bits per heavy atom. The van der Waals surface area contributed by atoms with Crippen LogP contribution in [0.5, 0.6) is 5.75 Å². The van der Waals surface area contributed by atoms with Gasteiger partial charge in [0.2, 0.25) is 0 Å². The molecule has 1 heterocycles. The van der Waals surface area contributed by atoms with E-state index >= 15 is 0 Å². The third kappa shape index (κ3) is 2.84. The molecule has 1 aliphatic carbocycles. The number of nitrogens with zero attached hydrogens (tertiary/aromatic N) is 2. The van der Waals surface area contributed by atoms with E-state index in [1.54, 1.807) is 0 Å². The number of hydrogen-bond donors (Lipinski definition) is 1. The zero-order valence-electron chi connectivity index (χ0n) is 11.2. The standard InChI is InChI=1S/C15H17N3O/c1-10-17-14(9-15(16-2)18-10)11-4-3-5-13(8-11)19-12-6-7-12/h3-5,8-9,12H,6-7H2,1-2H3,(H,16,17,18). The molecule has 2 aromatic rings. The van der Waals surface area contributed by atoms with Crippen molar-refractivity contribution < 1.29 is 4.74 Å². The summed E-state index contributed by atoms with van der Waals surface area (Å²) in [5, 5.41) is 3.05. The van der Waals surface area contributed by atoms with E-state index in [0.717, 1.165) is 28.6 Å². The highest BCUT2D eigenvalue weighted by atomic mass is 16.5. The van der Waals surface area contributed by atoms with Gasteiger partial charge < -0.3 is 10.1 Å². The van der Waals surface area contributed by atoms with Crippen LogP contribution in [0.1, 0.15) is 18.7 Å². The SMILES string of the molecule is CNc1cc(-c2cccc(OC3CC3)c2)nc(C)n1. The van der Waals surface area contributed by atoms with Crippen molar-refractivity contribution >= 4 is 5.82 Å². The second-order valence-corrected chi connectivity index (χ2v) is 4.78. The molecule has 0 aliphatic heterocycles. The van der Waals surface area contributed by atoms with E-state index in [0.29, 0.717) is 6.10 Å². The topological polar surface area (TPSA) is 47.0 Å². The molecule has 0 radical (unpaired) electrons. The summed E-state index contributed by atoms with van der Waals surface area (Å²) in [5.41, 5.74) is 1.97. The molecule has 0 unspecified atom stereocenters. The van der Waals surface area contributed by atoms with E-state index in [9.17, 15) is 0 Å². The molecule has 4 heteroatoms. The highest BCUT2D eigenvalue weighted by Crippen LogP contribution is 2.29. The van der Waals surface area contributed by atoms with Crippen LogP contribution >= 0.6 is 0 Å². The van der Waals surface area contributed by atoms with Gasteiger partial charge >= 0.3 is 0 Å². The summed E-state index contributed by atoms with van der Waals surface area (Å²) in [4.78, 5) is 8.79. The van der Waals surface area contributed by atoms with Crippen molar-refractivity contribution in [2.45, 2.75) is 25.9 Å². The summed E-state index contributed by atoms with van der Waals surface area (Å²) >= 11 is 0. The van der Waals surface area contributed by atoms with Crippen LogP contribution in [0.4, 0.5) is 5.82 Å². The first-order valence-electron chi connectivity index (χ1n) is 6.55. The third-order valence-corrected chi connectivity index (χ3v) is 3.05. The Labute approximate surface area is 112 Å². The first-order chi connectivity index (χ1) is 9.24. The number of anilines is 1. The fourth-order valence-corrected chi connectivity index (χ4v) is 1.95. The van der Waals surface area contributed by atoms with Gasteiger partial charge in [0, 0.05) is 18.7 Å². The van der Waals surface area contributed by atoms with Crippen molar-refractivity contribution in [1.82, 2.24) is 9.97 Å². The van der Waals surface area contributed by atoms with Gasteiger partial charge in [0.25, 0.3) is 0 Å². The van der Waals surface area contributed by atoms with Crippen molar-refractivity contribution in [2.75, 3.05) is 12.4 Å². The van der Waals surface area contributed by atoms with Gasteiger partial charge in [-0.2, -0.15) is 0 Å². The molecular formula is C15H17N3O. The molecule has 0 atom stereocenters. The first kappa shape index (κ1) is 12.0. The largest absolute Gasteiger partial charge is 0.490 e. The summed E-state index contributed by atoms with van der Waals surface area (Å²) in [7, 11) is 1.86. The maximum absolute atomic E-state index is 5.82. The molecule has 0 bridgehead atoms. The molecule has 1 saturated carbocycles.